The number of carboxylic acids is 1. The summed E-state index contributed by atoms with van der Waals surface area (Å²) in [5.41, 5.74) is 2.68. The largest absolute Gasteiger partial charge is 0.481 e. The molecule has 0 saturated carbocycles. The molecular formula is C11H12N2O2. The van der Waals surface area contributed by atoms with Crippen molar-refractivity contribution in [2.45, 2.75) is 13.3 Å². The smallest absolute Gasteiger partial charge is 0.309 e. The molecule has 0 fully saturated rings. The van der Waals surface area contributed by atoms with Crippen molar-refractivity contribution in [3.8, 4) is 0 Å². The second kappa shape index (κ2) is 3.38. The monoisotopic (exact) mass is 204 g/mol. The van der Waals surface area contributed by atoms with E-state index in [0.717, 1.165) is 22.2 Å². The molecule has 1 aromatic carbocycles. The van der Waals surface area contributed by atoms with Crippen molar-refractivity contribution in [3.63, 3.8) is 0 Å². The number of hydrogen-bond acceptors (Lipinski definition) is 2. The Morgan fingerprint density at radius 3 is 2.93 bits per heavy atom. The van der Waals surface area contributed by atoms with Crippen molar-refractivity contribution >= 4 is 16.9 Å². The number of carboxylic acid groups (broad SMARTS) is 1. The average molecular weight is 204 g/mol. The van der Waals surface area contributed by atoms with Gasteiger partial charge >= 0.3 is 5.97 Å². The van der Waals surface area contributed by atoms with Gasteiger partial charge in [0.15, 0.2) is 0 Å². The Morgan fingerprint density at radius 1 is 1.53 bits per heavy atom. The maximum atomic E-state index is 10.7. The first-order chi connectivity index (χ1) is 7.09. The molecule has 1 heterocycles. The lowest BCUT2D eigenvalue weighted by molar-refractivity contribution is -0.136. The van der Waals surface area contributed by atoms with E-state index in [0.29, 0.717) is 0 Å². The van der Waals surface area contributed by atoms with Crippen LogP contribution in [0, 0.1) is 6.92 Å². The number of hydrogen-bond donors (Lipinski definition) is 1. The van der Waals surface area contributed by atoms with Crippen LogP contribution in [0.4, 0.5) is 0 Å². The molecule has 0 aliphatic heterocycles. The molecule has 1 N–H and O–H groups in total. The standard InChI is InChI=1S/C11H12N2O2/c1-7-4-3-5-8-11(7)9(6-10(14)15)13(2)12-8/h3-5H,6H2,1-2H3,(H,14,15). The van der Waals surface area contributed by atoms with E-state index < -0.39 is 5.97 Å². The van der Waals surface area contributed by atoms with Crippen LogP contribution in [0.1, 0.15) is 11.3 Å². The number of aromatic nitrogens is 2. The van der Waals surface area contributed by atoms with E-state index >= 15 is 0 Å². The van der Waals surface area contributed by atoms with Crippen LogP contribution in [-0.4, -0.2) is 20.9 Å². The summed E-state index contributed by atoms with van der Waals surface area (Å²) in [6.07, 6.45) is 0.0118. The normalized spacial score (nSPS) is 10.8. The average Bonchev–Trinajstić information content (AvgIpc) is 2.43. The SMILES string of the molecule is Cc1cccc2nn(C)c(CC(=O)O)c12. The molecule has 4 heteroatoms. The number of carbonyl (C=O) groups is 1. The van der Waals surface area contributed by atoms with Crippen molar-refractivity contribution in [2.24, 2.45) is 7.05 Å². The Hall–Kier alpha value is -1.84. The lowest BCUT2D eigenvalue weighted by Crippen LogP contribution is -2.06. The summed E-state index contributed by atoms with van der Waals surface area (Å²) < 4.78 is 1.64. The molecule has 2 rings (SSSR count). The van der Waals surface area contributed by atoms with Crippen molar-refractivity contribution < 1.29 is 9.90 Å². The van der Waals surface area contributed by atoms with E-state index in [4.69, 9.17) is 5.11 Å². The highest BCUT2D eigenvalue weighted by molar-refractivity contribution is 5.88. The molecule has 0 aliphatic rings. The topological polar surface area (TPSA) is 55.1 Å². The quantitative estimate of drug-likeness (QED) is 0.806. The molecular weight excluding hydrogens is 192 g/mol. The number of aryl methyl sites for hydroxylation is 2. The van der Waals surface area contributed by atoms with E-state index in [-0.39, 0.29) is 6.42 Å². The molecule has 15 heavy (non-hydrogen) atoms. The molecule has 0 spiro atoms. The Balaban J connectivity index is 2.71. The van der Waals surface area contributed by atoms with Crippen molar-refractivity contribution in [1.82, 2.24) is 9.78 Å². The van der Waals surface area contributed by atoms with Crippen LogP contribution >= 0.6 is 0 Å². The van der Waals surface area contributed by atoms with Crippen LogP contribution in [0.2, 0.25) is 0 Å². The Kier molecular flexibility index (Phi) is 2.19. The van der Waals surface area contributed by atoms with Gasteiger partial charge in [0, 0.05) is 12.4 Å². The third-order valence-electron chi connectivity index (χ3n) is 2.51. The molecule has 4 nitrogen and oxygen atoms in total. The van der Waals surface area contributed by atoms with Gasteiger partial charge in [-0.1, -0.05) is 12.1 Å². The fourth-order valence-electron chi connectivity index (χ4n) is 1.84. The van der Waals surface area contributed by atoms with Gasteiger partial charge in [0.05, 0.1) is 17.6 Å². The molecule has 0 saturated heterocycles. The third-order valence-corrected chi connectivity index (χ3v) is 2.51. The van der Waals surface area contributed by atoms with Gasteiger partial charge in [0.2, 0.25) is 0 Å². The molecule has 0 bridgehead atoms. The van der Waals surface area contributed by atoms with Crippen molar-refractivity contribution in [2.75, 3.05) is 0 Å². The van der Waals surface area contributed by atoms with Gasteiger partial charge in [-0.2, -0.15) is 5.10 Å². The second-order valence-corrected chi connectivity index (χ2v) is 3.61. The minimum Gasteiger partial charge on any atom is -0.481 e. The van der Waals surface area contributed by atoms with Crippen LogP contribution in [0.5, 0.6) is 0 Å². The van der Waals surface area contributed by atoms with Gasteiger partial charge in [-0.15, -0.1) is 0 Å². The van der Waals surface area contributed by atoms with Crippen molar-refractivity contribution in [3.05, 3.63) is 29.5 Å². The second-order valence-electron chi connectivity index (χ2n) is 3.61. The number of aliphatic carboxylic acids is 1. The molecule has 0 unspecified atom stereocenters. The van der Waals surface area contributed by atoms with Gasteiger partial charge in [-0.05, 0) is 18.6 Å². The minimum absolute atomic E-state index is 0.0118. The van der Waals surface area contributed by atoms with Crippen LogP contribution in [0.25, 0.3) is 10.9 Å². The first kappa shape index (κ1) is 9.71. The zero-order valence-electron chi connectivity index (χ0n) is 8.69. The van der Waals surface area contributed by atoms with Crippen LogP contribution in [-0.2, 0) is 18.3 Å². The van der Waals surface area contributed by atoms with Gasteiger partial charge < -0.3 is 5.11 Å². The highest BCUT2D eigenvalue weighted by atomic mass is 16.4. The fraction of sp³-hybridized carbons (Fsp3) is 0.273. The lowest BCUT2D eigenvalue weighted by Gasteiger charge is -2.00. The number of benzene rings is 1. The zero-order chi connectivity index (χ0) is 11.0. The number of rotatable bonds is 2. The summed E-state index contributed by atoms with van der Waals surface area (Å²) >= 11 is 0. The summed E-state index contributed by atoms with van der Waals surface area (Å²) in [5.74, 6) is -0.830. The van der Waals surface area contributed by atoms with E-state index in [9.17, 15) is 4.79 Å². The minimum atomic E-state index is -0.830. The predicted octanol–water partition coefficient (Wildman–Crippen LogP) is 1.51. The summed E-state index contributed by atoms with van der Waals surface area (Å²) in [5, 5.41) is 14.1. The number of fused-ring (bicyclic) bond motifs is 1. The van der Waals surface area contributed by atoms with Crippen molar-refractivity contribution in [1.29, 1.82) is 0 Å². The Labute approximate surface area is 87.1 Å². The molecule has 0 atom stereocenters. The van der Waals surface area contributed by atoms with Crippen LogP contribution in [0.3, 0.4) is 0 Å². The molecule has 0 amide bonds. The van der Waals surface area contributed by atoms with Gasteiger partial charge in [0.1, 0.15) is 0 Å². The first-order valence-electron chi connectivity index (χ1n) is 4.72. The van der Waals surface area contributed by atoms with Gasteiger partial charge in [-0.25, -0.2) is 0 Å². The first-order valence-corrected chi connectivity index (χ1v) is 4.72. The van der Waals surface area contributed by atoms with Crippen LogP contribution in [0.15, 0.2) is 18.2 Å². The highest BCUT2D eigenvalue weighted by Crippen LogP contribution is 2.21. The van der Waals surface area contributed by atoms with Gasteiger partial charge in [0.25, 0.3) is 0 Å². The maximum absolute atomic E-state index is 10.7. The molecule has 2 aromatic rings. The third kappa shape index (κ3) is 1.58. The molecule has 0 aliphatic carbocycles. The summed E-state index contributed by atoms with van der Waals surface area (Å²) in [7, 11) is 1.78. The predicted molar refractivity (Wildman–Crippen MR) is 56.8 cm³/mol. The van der Waals surface area contributed by atoms with Crippen LogP contribution < -0.4 is 0 Å². The number of nitrogens with zero attached hydrogens (tertiary/aromatic N) is 2. The molecule has 1 aromatic heterocycles. The Morgan fingerprint density at radius 2 is 2.27 bits per heavy atom. The lowest BCUT2D eigenvalue weighted by atomic mass is 10.1. The Bertz CT molecular complexity index is 529. The highest BCUT2D eigenvalue weighted by Gasteiger charge is 2.13. The summed E-state index contributed by atoms with van der Waals surface area (Å²) in [6, 6.07) is 5.79. The van der Waals surface area contributed by atoms with Gasteiger partial charge in [-0.3, -0.25) is 9.48 Å². The van der Waals surface area contributed by atoms with E-state index in [1.165, 1.54) is 0 Å². The maximum Gasteiger partial charge on any atom is 0.309 e. The molecule has 0 radical (unpaired) electrons. The molecule has 78 valence electrons. The summed E-state index contributed by atoms with van der Waals surface area (Å²) in [4.78, 5) is 10.7. The van der Waals surface area contributed by atoms with E-state index in [1.54, 1.807) is 11.7 Å². The van der Waals surface area contributed by atoms with E-state index in [1.807, 2.05) is 25.1 Å². The summed E-state index contributed by atoms with van der Waals surface area (Å²) in [6.45, 7) is 1.97. The zero-order valence-corrected chi connectivity index (χ0v) is 8.69. The van der Waals surface area contributed by atoms with E-state index in [2.05, 4.69) is 5.10 Å². The fourth-order valence-corrected chi connectivity index (χ4v) is 1.84.